The Hall–Kier alpha value is -2.13. The molecule has 0 aromatic heterocycles. The number of carbonyl (C=O) groups is 1. The van der Waals surface area contributed by atoms with Gasteiger partial charge in [0.25, 0.3) is 0 Å². The molecule has 3 rings (SSSR count). The Kier molecular flexibility index (Phi) is 4.54. The van der Waals surface area contributed by atoms with Gasteiger partial charge in [0, 0.05) is 12.6 Å². The highest BCUT2D eigenvalue weighted by Crippen LogP contribution is 2.26. The minimum atomic E-state index is -0.656. The fraction of sp³-hybridized carbons (Fsp3) is 0.316. The standard InChI is InChI=1S/C19H21NO2/c21-19(22)17-10-11-18(12-17)20-13-14-6-8-16(9-7-14)15-4-2-1-3-5-15/h1-9,17-18,20H,10-13H2,(H,21,22)/t17-,18+/m1/s1. The largest absolute Gasteiger partial charge is 0.481 e. The van der Waals surface area contributed by atoms with Crippen molar-refractivity contribution >= 4 is 5.97 Å². The van der Waals surface area contributed by atoms with Crippen molar-refractivity contribution in [3.8, 4) is 11.1 Å². The van der Waals surface area contributed by atoms with E-state index in [1.54, 1.807) is 0 Å². The number of hydrogen-bond donors (Lipinski definition) is 2. The van der Waals surface area contributed by atoms with Crippen molar-refractivity contribution in [1.29, 1.82) is 0 Å². The zero-order valence-corrected chi connectivity index (χ0v) is 12.5. The van der Waals surface area contributed by atoms with E-state index in [1.807, 2.05) is 18.2 Å². The molecule has 22 heavy (non-hydrogen) atoms. The number of carboxylic acids is 1. The van der Waals surface area contributed by atoms with Gasteiger partial charge in [-0.25, -0.2) is 0 Å². The van der Waals surface area contributed by atoms with Crippen LogP contribution in [0, 0.1) is 5.92 Å². The molecular formula is C19H21NO2. The summed E-state index contributed by atoms with van der Waals surface area (Å²) in [5.74, 6) is -0.825. The van der Waals surface area contributed by atoms with Gasteiger partial charge in [-0.2, -0.15) is 0 Å². The van der Waals surface area contributed by atoms with Crippen LogP contribution in [-0.2, 0) is 11.3 Å². The molecule has 114 valence electrons. The summed E-state index contributed by atoms with van der Waals surface area (Å²) in [4.78, 5) is 11.0. The van der Waals surface area contributed by atoms with E-state index in [4.69, 9.17) is 5.11 Å². The molecule has 3 nitrogen and oxygen atoms in total. The highest BCUT2D eigenvalue weighted by Gasteiger charge is 2.29. The predicted octanol–water partition coefficient (Wildman–Crippen LogP) is 3.70. The van der Waals surface area contributed by atoms with Crippen molar-refractivity contribution in [3.63, 3.8) is 0 Å². The third kappa shape index (κ3) is 3.55. The highest BCUT2D eigenvalue weighted by atomic mass is 16.4. The normalized spacial score (nSPS) is 20.9. The average molecular weight is 295 g/mol. The highest BCUT2D eigenvalue weighted by molar-refractivity contribution is 5.70. The van der Waals surface area contributed by atoms with Crippen LogP contribution in [0.1, 0.15) is 24.8 Å². The SMILES string of the molecule is O=C(O)[C@@H]1CC[C@H](NCc2ccc(-c3ccccc3)cc2)C1. The summed E-state index contributed by atoms with van der Waals surface area (Å²) in [7, 11) is 0. The fourth-order valence-corrected chi connectivity index (χ4v) is 3.10. The third-order valence-electron chi connectivity index (χ3n) is 4.44. The zero-order chi connectivity index (χ0) is 15.4. The van der Waals surface area contributed by atoms with Crippen molar-refractivity contribution in [3.05, 3.63) is 60.2 Å². The Labute approximate surface area is 131 Å². The Morgan fingerprint density at radius 1 is 1.00 bits per heavy atom. The molecule has 1 saturated carbocycles. The molecule has 0 saturated heterocycles. The van der Waals surface area contributed by atoms with Crippen molar-refractivity contribution in [2.75, 3.05) is 0 Å². The third-order valence-corrected chi connectivity index (χ3v) is 4.44. The number of carboxylic acid groups (broad SMARTS) is 1. The quantitative estimate of drug-likeness (QED) is 0.884. The van der Waals surface area contributed by atoms with Crippen LogP contribution in [0.15, 0.2) is 54.6 Å². The van der Waals surface area contributed by atoms with Crippen LogP contribution >= 0.6 is 0 Å². The van der Waals surface area contributed by atoms with Gasteiger partial charge in [-0.15, -0.1) is 0 Å². The number of aliphatic carboxylic acids is 1. The minimum absolute atomic E-state index is 0.169. The van der Waals surface area contributed by atoms with E-state index >= 15 is 0 Å². The minimum Gasteiger partial charge on any atom is -0.481 e. The molecular weight excluding hydrogens is 274 g/mol. The van der Waals surface area contributed by atoms with Crippen molar-refractivity contribution in [2.45, 2.75) is 31.8 Å². The molecule has 0 radical (unpaired) electrons. The van der Waals surface area contributed by atoms with Gasteiger partial charge in [0.05, 0.1) is 5.92 Å². The van der Waals surface area contributed by atoms with E-state index in [-0.39, 0.29) is 5.92 Å². The van der Waals surface area contributed by atoms with E-state index in [1.165, 1.54) is 16.7 Å². The molecule has 0 bridgehead atoms. The van der Waals surface area contributed by atoms with Gasteiger partial charge in [-0.1, -0.05) is 54.6 Å². The van der Waals surface area contributed by atoms with Gasteiger partial charge in [0.2, 0.25) is 0 Å². The molecule has 3 heteroatoms. The molecule has 1 fully saturated rings. The van der Waals surface area contributed by atoms with Gasteiger partial charge in [0.15, 0.2) is 0 Å². The molecule has 0 heterocycles. The maximum Gasteiger partial charge on any atom is 0.306 e. The van der Waals surface area contributed by atoms with E-state index in [2.05, 4.69) is 41.7 Å². The Morgan fingerprint density at radius 2 is 1.68 bits per heavy atom. The maximum atomic E-state index is 11.0. The average Bonchev–Trinajstić information content (AvgIpc) is 3.04. The number of hydrogen-bond acceptors (Lipinski definition) is 2. The topological polar surface area (TPSA) is 49.3 Å². The monoisotopic (exact) mass is 295 g/mol. The maximum absolute atomic E-state index is 11.0. The Morgan fingerprint density at radius 3 is 2.32 bits per heavy atom. The number of benzene rings is 2. The lowest BCUT2D eigenvalue weighted by atomic mass is 10.0. The summed E-state index contributed by atoms with van der Waals surface area (Å²) < 4.78 is 0. The van der Waals surface area contributed by atoms with Gasteiger partial charge >= 0.3 is 5.97 Å². The summed E-state index contributed by atoms with van der Waals surface area (Å²) in [6.07, 6.45) is 2.50. The summed E-state index contributed by atoms with van der Waals surface area (Å²) in [6.45, 7) is 0.798. The van der Waals surface area contributed by atoms with Gasteiger partial charge in [0.1, 0.15) is 0 Å². The number of nitrogens with one attached hydrogen (secondary N) is 1. The van der Waals surface area contributed by atoms with E-state index in [9.17, 15) is 4.79 Å². The molecule has 2 aromatic carbocycles. The predicted molar refractivity (Wildman–Crippen MR) is 87.5 cm³/mol. The smallest absolute Gasteiger partial charge is 0.306 e. The first-order chi connectivity index (χ1) is 10.7. The van der Waals surface area contributed by atoms with Crippen LogP contribution in [0.25, 0.3) is 11.1 Å². The second kappa shape index (κ2) is 6.75. The van der Waals surface area contributed by atoms with Crippen LogP contribution in [0.3, 0.4) is 0 Å². The van der Waals surface area contributed by atoms with Crippen molar-refractivity contribution < 1.29 is 9.90 Å². The van der Waals surface area contributed by atoms with Crippen LogP contribution in [0.5, 0.6) is 0 Å². The molecule has 2 aromatic rings. The Balaban J connectivity index is 1.55. The molecule has 0 spiro atoms. The summed E-state index contributed by atoms with van der Waals surface area (Å²) in [5.41, 5.74) is 3.68. The van der Waals surface area contributed by atoms with Gasteiger partial charge in [-0.05, 0) is 36.0 Å². The van der Waals surface area contributed by atoms with Gasteiger partial charge < -0.3 is 10.4 Å². The lowest BCUT2D eigenvalue weighted by molar-refractivity contribution is -0.141. The summed E-state index contributed by atoms with van der Waals surface area (Å²) in [5, 5.41) is 12.5. The van der Waals surface area contributed by atoms with E-state index in [0.29, 0.717) is 6.04 Å². The first kappa shape index (κ1) is 14.8. The molecule has 1 aliphatic rings. The molecule has 1 aliphatic carbocycles. The molecule has 0 unspecified atom stereocenters. The lowest BCUT2D eigenvalue weighted by Gasteiger charge is -2.12. The first-order valence-corrected chi connectivity index (χ1v) is 7.83. The van der Waals surface area contributed by atoms with Crippen LogP contribution in [-0.4, -0.2) is 17.1 Å². The van der Waals surface area contributed by atoms with Crippen LogP contribution in [0.2, 0.25) is 0 Å². The van der Waals surface area contributed by atoms with Crippen LogP contribution < -0.4 is 5.32 Å². The number of rotatable bonds is 5. The summed E-state index contributed by atoms with van der Waals surface area (Å²) in [6, 6.07) is 19.2. The Bertz CT molecular complexity index is 622. The van der Waals surface area contributed by atoms with Gasteiger partial charge in [-0.3, -0.25) is 4.79 Å². The second-order valence-corrected chi connectivity index (χ2v) is 5.99. The molecule has 0 aliphatic heterocycles. The second-order valence-electron chi connectivity index (χ2n) is 5.99. The molecule has 2 N–H and O–H groups in total. The van der Waals surface area contributed by atoms with Crippen molar-refractivity contribution in [1.82, 2.24) is 5.32 Å². The molecule has 0 amide bonds. The van der Waals surface area contributed by atoms with E-state index in [0.717, 1.165) is 25.8 Å². The van der Waals surface area contributed by atoms with Crippen molar-refractivity contribution in [2.24, 2.45) is 5.92 Å². The zero-order valence-electron chi connectivity index (χ0n) is 12.5. The summed E-state index contributed by atoms with van der Waals surface area (Å²) >= 11 is 0. The lowest BCUT2D eigenvalue weighted by Crippen LogP contribution is -2.26. The molecule has 2 atom stereocenters. The van der Waals surface area contributed by atoms with E-state index < -0.39 is 5.97 Å². The first-order valence-electron chi connectivity index (χ1n) is 7.83. The fourth-order valence-electron chi connectivity index (χ4n) is 3.10. The van der Waals surface area contributed by atoms with Crippen LogP contribution in [0.4, 0.5) is 0 Å².